The van der Waals surface area contributed by atoms with E-state index in [1.54, 1.807) is 12.1 Å². The van der Waals surface area contributed by atoms with Gasteiger partial charge in [0.25, 0.3) is 35.1 Å². The molecule has 0 aliphatic heterocycles. The lowest BCUT2D eigenvalue weighted by atomic mass is 10.1. The van der Waals surface area contributed by atoms with E-state index in [-0.39, 0.29) is 35.1 Å². The van der Waals surface area contributed by atoms with Gasteiger partial charge in [0, 0.05) is 0 Å². The summed E-state index contributed by atoms with van der Waals surface area (Å²) in [4.78, 5) is 44.8. The van der Waals surface area contributed by atoms with Crippen LogP contribution in [0.3, 0.4) is 0 Å². The molecule has 0 unspecified atom stereocenters. The molecule has 0 amide bonds. The van der Waals surface area contributed by atoms with E-state index in [0.717, 1.165) is 21.5 Å². The van der Waals surface area contributed by atoms with Gasteiger partial charge in [0.05, 0.1) is 9.75 Å². The summed E-state index contributed by atoms with van der Waals surface area (Å²) in [5.41, 5.74) is 4.49. The summed E-state index contributed by atoms with van der Waals surface area (Å²) < 4.78 is 23.8. The molecule has 0 saturated carbocycles. The van der Waals surface area contributed by atoms with Crippen molar-refractivity contribution in [3.8, 4) is 11.8 Å². The van der Waals surface area contributed by atoms with Gasteiger partial charge in [-0.2, -0.15) is 0 Å². The van der Waals surface area contributed by atoms with Crippen molar-refractivity contribution in [2.24, 2.45) is 0 Å². The predicted octanol–water partition coefficient (Wildman–Crippen LogP) is 8.81. The summed E-state index contributed by atoms with van der Waals surface area (Å²) in [7, 11) is 0. The van der Waals surface area contributed by atoms with E-state index in [0.29, 0.717) is 54.2 Å². The molecule has 0 bridgehead atoms. The zero-order valence-electron chi connectivity index (χ0n) is 23.1. The molecule has 218 valence electrons. The van der Waals surface area contributed by atoms with Crippen molar-refractivity contribution in [3.63, 3.8) is 0 Å². The van der Waals surface area contributed by atoms with E-state index in [4.69, 9.17) is 17.7 Å². The zero-order valence-corrected chi connectivity index (χ0v) is 24.8. The van der Waals surface area contributed by atoms with Gasteiger partial charge in [-0.15, -0.1) is 22.7 Å². The minimum atomic E-state index is -0.247. The molecule has 10 nitrogen and oxygen atoms in total. The minimum absolute atomic E-state index is 0.0549. The predicted molar refractivity (Wildman–Crippen MR) is 173 cm³/mol. The average Bonchev–Trinajstić information content (AvgIpc) is 3.90. The van der Waals surface area contributed by atoms with Crippen LogP contribution in [0, 0.1) is 0 Å². The molecule has 10 aromatic rings. The van der Waals surface area contributed by atoms with Crippen LogP contribution < -0.4 is 0 Å². The van der Waals surface area contributed by atoms with E-state index in [1.807, 2.05) is 71.4 Å². The molecule has 0 atom stereocenters. The number of ketones is 2. The van der Waals surface area contributed by atoms with Crippen molar-refractivity contribution < 1.29 is 27.3 Å². The van der Waals surface area contributed by atoms with E-state index < -0.39 is 0 Å². The number of fused-ring (bicyclic) bond motifs is 6. The smallest absolute Gasteiger partial charge is 0.284 e. The first kappa shape index (κ1) is 25.4. The highest BCUT2D eigenvalue weighted by atomic mass is 32.1. The first-order valence-corrected chi connectivity index (χ1v) is 15.7. The normalized spacial score (nSPS) is 12.1. The zero-order chi connectivity index (χ0) is 30.5. The number of carbonyl (C=O) groups is 2. The Morgan fingerprint density at radius 1 is 0.478 bits per heavy atom. The van der Waals surface area contributed by atoms with Crippen molar-refractivity contribution in [2.75, 3.05) is 0 Å². The summed E-state index contributed by atoms with van der Waals surface area (Å²) in [5, 5.41) is 7.10. The second-order valence-corrected chi connectivity index (χ2v) is 12.6. The third kappa shape index (κ3) is 3.87. The number of hydrogen-bond donors (Lipinski definition) is 0. The molecule has 0 aliphatic rings. The summed E-state index contributed by atoms with van der Waals surface area (Å²) in [5.74, 6) is 0.0938. The van der Waals surface area contributed by atoms with Crippen LogP contribution >= 0.6 is 22.7 Å². The molecule has 0 fully saturated rings. The molecule has 10 rings (SSSR count). The van der Waals surface area contributed by atoms with Crippen molar-refractivity contribution in [3.05, 3.63) is 105 Å². The van der Waals surface area contributed by atoms with Crippen LogP contribution in [0.5, 0.6) is 0 Å². The number of nitrogens with zero attached hydrogens (tertiary/aromatic N) is 4. The van der Waals surface area contributed by atoms with Crippen LogP contribution in [0.1, 0.15) is 31.1 Å². The van der Waals surface area contributed by atoms with Crippen LogP contribution in [0.2, 0.25) is 0 Å². The fraction of sp³-hybridized carbons (Fsp3) is 0. The van der Waals surface area contributed by atoms with Gasteiger partial charge in [-0.25, -0.2) is 19.9 Å². The maximum atomic E-state index is 12.7. The third-order valence-electron chi connectivity index (χ3n) is 7.77. The molecular weight excluding hydrogens is 625 g/mol. The van der Waals surface area contributed by atoms with E-state index in [1.165, 1.54) is 22.7 Å². The lowest BCUT2D eigenvalue weighted by Gasteiger charge is -1.96. The fourth-order valence-electron chi connectivity index (χ4n) is 5.59. The van der Waals surface area contributed by atoms with Crippen molar-refractivity contribution >= 4 is 100 Å². The minimum Gasteiger partial charge on any atom is -0.433 e. The molecule has 0 radical (unpaired) electrons. The standard InChI is InChI=1S/C34H14N4O6S2/c39-29(27-3-1-5-45-27)31-35-19-7-15-13-25-21(9-17(15)11-23(19)41-31)37-33(43-25)34-38-22-10-18-12-24-20(8-16(18)14-26(22)44-34)36-32(42-24)30(40)28-4-2-6-46-28/h1-14H. The van der Waals surface area contributed by atoms with E-state index in [9.17, 15) is 9.59 Å². The quantitative estimate of drug-likeness (QED) is 0.168. The van der Waals surface area contributed by atoms with Gasteiger partial charge in [-0.05, 0) is 93.0 Å². The van der Waals surface area contributed by atoms with Gasteiger partial charge >= 0.3 is 0 Å². The number of aromatic nitrogens is 4. The maximum absolute atomic E-state index is 12.7. The Morgan fingerprint density at radius 3 is 1.22 bits per heavy atom. The van der Waals surface area contributed by atoms with Gasteiger partial charge in [0.15, 0.2) is 22.3 Å². The molecule has 6 heterocycles. The van der Waals surface area contributed by atoms with Gasteiger partial charge in [-0.3, -0.25) is 9.59 Å². The van der Waals surface area contributed by atoms with Crippen LogP contribution in [0.4, 0.5) is 0 Å². The molecule has 0 saturated heterocycles. The highest BCUT2D eigenvalue weighted by Gasteiger charge is 2.21. The van der Waals surface area contributed by atoms with E-state index in [2.05, 4.69) is 19.9 Å². The fourth-order valence-corrected chi connectivity index (χ4v) is 6.90. The highest BCUT2D eigenvalue weighted by Crippen LogP contribution is 2.34. The Kier molecular flexibility index (Phi) is 5.11. The number of rotatable bonds is 5. The summed E-state index contributed by atoms with van der Waals surface area (Å²) in [6, 6.07) is 22.0. The Bertz CT molecular complexity index is 2520. The lowest BCUT2D eigenvalue weighted by Crippen LogP contribution is -1.97. The summed E-state index contributed by atoms with van der Waals surface area (Å²) in [6.07, 6.45) is 0. The van der Waals surface area contributed by atoms with Gasteiger partial charge < -0.3 is 17.7 Å². The van der Waals surface area contributed by atoms with Gasteiger partial charge in [0.1, 0.15) is 22.1 Å². The van der Waals surface area contributed by atoms with Crippen LogP contribution in [-0.4, -0.2) is 31.5 Å². The van der Waals surface area contributed by atoms with Crippen molar-refractivity contribution in [2.45, 2.75) is 0 Å². The maximum Gasteiger partial charge on any atom is 0.284 e. The third-order valence-corrected chi connectivity index (χ3v) is 9.50. The lowest BCUT2D eigenvalue weighted by molar-refractivity contribution is 0.100. The van der Waals surface area contributed by atoms with Crippen molar-refractivity contribution in [1.29, 1.82) is 0 Å². The first-order chi connectivity index (χ1) is 22.5. The number of thiophene rings is 2. The summed E-state index contributed by atoms with van der Waals surface area (Å²) >= 11 is 2.69. The topological polar surface area (TPSA) is 138 Å². The number of benzene rings is 4. The number of carbonyl (C=O) groups excluding carboxylic acids is 2. The van der Waals surface area contributed by atoms with Gasteiger partial charge in [-0.1, -0.05) is 12.1 Å². The Morgan fingerprint density at radius 2 is 0.848 bits per heavy atom. The Labute approximate surface area is 263 Å². The number of oxazole rings is 4. The van der Waals surface area contributed by atoms with Crippen LogP contribution in [0.15, 0.2) is 101 Å². The molecular formula is C34H14N4O6S2. The molecule has 46 heavy (non-hydrogen) atoms. The monoisotopic (exact) mass is 638 g/mol. The number of hydrogen-bond acceptors (Lipinski definition) is 12. The second-order valence-electron chi connectivity index (χ2n) is 10.7. The van der Waals surface area contributed by atoms with Gasteiger partial charge in [0.2, 0.25) is 0 Å². The Balaban J connectivity index is 1.01. The average molecular weight is 639 g/mol. The molecule has 6 aromatic heterocycles. The second kappa shape index (κ2) is 9.27. The molecule has 0 aliphatic carbocycles. The highest BCUT2D eigenvalue weighted by molar-refractivity contribution is 7.12. The summed E-state index contributed by atoms with van der Waals surface area (Å²) in [6.45, 7) is 0. The molecule has 0 spiro atoms. The first-order valence-electron chi connectivity index (χ1n) is 14.0. The molecule has 12 heteroatoms. The molecule has 4 aromatic carbocycles. The SMILES string of the molecule is O=C(c1nc2cc3cc4oc(-c5nc6cc7cc8oc(C(=O)c9cccs9)nc8cc7cc6o5)nc4cc3cc2o1)c1cccs1. The largest absolute Gasteiger partial charge is 0.433 e. The molecule has 0 N–H and O–H groups in total. The Hall–Kier alpha value is -5.98. The van der Waals surface area contributed by atoms with Crippen LogP contribution in [0.25, 0.3) is 77.7 Å². The van der Waals surface area contributed by atoms with E-state index >= 15 is 0 Å². The van der Waals surface area contributed by atoms with Crippen molar-refractivity contribution in [1.82, 2.24) is 19.9 Å². The van der Waals surface area contributed by atoms with Crippen LogP contribution in [-0.2, 0) is 0 Å².